The zero-order chi connectivity index (χ0) is 13.1. The lowest BCUT2D eigenvalue weighted by atomic mass is 10.1. The molecule has 96 valence electrons. The summed E-state index contributed by atoms with van der Waals surface area (Å²) in [5.41, 5.74) is 1.99. The topological polar surface area (TPSA) is 98.2 Å². The van der Waals surface area contributed by atoms with E-state index < -0.39 is 12.1 Å². The molecular weight excluding hydrogens is 234 g/mol. The van der Waals surface area contributed by atoms with Crippen LogP contribution >= 0.6 is 0 Å². The first-order valence-corrected chi connectivity index (χ1v) is 5.64. The van der Waals surface area contributed by atoms with Crippen LogP contribution in [0.4, 0.5) is 0 Å². The van der Waals surface area contributed by atoms with Crippen LogP contribution in [0.1, 0.15) is 17.3 Å². The fourth-order valence-corrected chi connectivity index (χ4v) is 1.65. The van der Waals surface area contributed by atoms with Crippen molar-refractivity contribution < 1.29 is 15.0 Å². The van der Waals surface area contributed by atoms with E-state index in [2.05, 4.69) is 15.3 Å². The zero-order valence-corrected chi connectivity index (χ0v) is 9.92. The van der Waals surface area contributed by atoms with Gasteiger partial charge in [-0.3, -0.25) is 4.79 Å². The van der Waals surface area contributed by atoms with Crippen LogP contribution in [0.25, 0.3) is 11.0 Å². The number of imidazole rings is 1. The standard InChI is InChI=1S/C12H15N3O3/c1-7(17)11(5-16)15-12(18)8-2-3-9-10(4-8)14-6-13-9/h2-4,6-7,11,16-17H,5H2,1H3,(H,13,14)(H,15,18). The number of aliphatic hydroxyl groups excluding tert-OH is 2. The second-order valence-corrected chi connectivity index (χ2v) is 4.14. The third-order valence-electron chi connectivity index (χ3n) is 2.78. The Morgan fingerprint density at radius 1 is 1.56 bits per heavy atom. The normalized spacial score (nSPS) is 14.4. The Morgan fingerprint density at radius 3 is 3.00 bits per heavy atom. The molecule has 0 saturated carbocycles. The largest absolute Gasteiger partial charge is 0.394 e. The SMILES string of the molecule is CC(O)C(CO)NC(=O)c1ccc2nc[nH]c2c1. The van der Waals surface area contributed by atoms with Crippen LogP contribution in [0.5, 0.6) is 0 Å². The smallest absolute Gasteiger partial charge is 0.251 e. The maximum atomic E-state index is 11.9. The lowest BCUT2D eigenvalue weighted by Gasteiger charge is -2.18. The van der Waals surface area contributed by atoms with Gasteiger partial charge in [0.25, 0.3) is 5.91 Å². The van der Waals surface area contributed by atoms with E-state index in [1.165, 1.54) is 6.92 Å². The van der Waals surface area contributed by atoms with Gasteiger partial charge in [-0.2, -0.15) is 0 Å². The first-order valence-electron chi connectivity index (χ1n) is 5.64. The van der Waals surface area contributed by atoms with E-state index in [0.29, 0.717) is 5.56 Å². The van der Waals surface area contributed by atoms with Crippen LogP contribution in [-0.2, 0) is 0 Å². The van der Waals surface area contributed by atoms with E-state index in [9.17, 15) is 9.90 Å². The minimum absolute atomic E-state index is 0.310. The molecule has 0 aliphatic carbocycles. The molecule has 1 amide bonds. The fourth-order valence-electron chi connectivity index (χ4n) is 1.65. The second-order valence-electron chi connectivity index (χ2n) is 4.14. The number of aromatic amines is 1. The highest BCUT2D eigenvalue weighted by atomic mass is 16.3. The molecule has 2 rings (SSSR count). The number of hydrogen-bond donors (Lipinski definition) is 4. The van der Waals surface area contributed by atoms with E-state index in [1.54, 1.807) is 24.5 Å². The molecule has 1 aromatic carbocycles. The molecule has 1 aromatic heterocycles. The van der Waals surface area contributed by atoms with Gasteiger partial charge in [0.05, 0.1) is 36.1 Å². The Hall–Kier alpha value is -1.92. The average molecular weight is 249 g/mol. The van der Waals surface area contributed by atoms with Gasteiger partial charge in [0.15, 0.2) is 0 Å². The Morgan fingerprint density at radius 2 is 2.33 bits per heavy atom. The molecule has 2 atom stereocenters. The third kappa shape index (κ3) is 2.49. The molecule has 4 N–H and O–H groups in total. The Bertz CT molecular complexity index is 550. The number of aliphatic hydroxyl groups is 2. The number of aromatic nitrogens is 2. The van der Waals surface area contributed by atoms with Gasteiger partial charge in [0.1, 0.15) is 0 Å². The van der Waals surface area contributed by atoms with Gasteiger partial charge in [-0.25, -0.2) is 4.98 Å². The van der Waals surface area contributed by atoms with Crippen LogP contribution in [-0.4, -0.2) is 44.8 Å². The predicted molar refractivity (Wildman–Crippen MR) is 66.1 cm³/mol. The summed E-state index contributed by atoms with van der Waals surface area (Å²) in [6, 6.07) is 4.38. The summed E-state index contributed by atoms with van der Waals surface area (Å²) in [4.78, 5) is 18.9. The highest BCUT2D eigenvalue weighted by Gasteiger charge is 2.17. The van der Waals surface area contributed by atoms with Crippen molar-refractivity contribution in [3.63, 3.8) is 0 Å². The lowest BCUT2D eigenvalue weighted by Crippen LogP contribution is -2.44. The molecule has 2 unspecified atom stereocenters. The number of hydrogen-bond acceptors (Lipinski definition) is 4. The fraction of sp³-hybridized carbons (Fsp3) is 0.333. The van der Waals surface area contributed by atoms with Crippen molar-refractivity contribution in [2.45, 2.75) is 19.1 Å². The average Bonchev–Trinajstić information content (AvgIpc) is 2.82. The summed E-state index contributed by atoms with van der Waals surface area (Å²) >= 11 is 0. The molecule has 0 aliphatic rings. The van der Waals surface area contributed by atoms with Gasteiger partial charge >= 0.3 is 0 Å². The van der Waals surface area contributed by atoms with Crippen molar-refractivity contribution in [3.8, 4) is 0 Å². The van der Waals surface area contributed by atoms with Crippen LogP contribution in [0.2, 0.25) is 0 Å². The van der Waals surface area contributed by atoms with Crippen LogP contribution in [0, 0.1) is 0 Å². The molecule has 6 heteroatoms. The van der Waals surface area contributed by atoms with Crippen molar-refractivity contribution in [2.24, 2.45) is 0 Å². The van der Waals surface area contributed by atoms with Gasteiger partial charge in [-0.1, -0.05) is 0 Å². The predicted octanol–water partition coefficient (Wildman–Crippen LogP) is 0.0344. The molecule has 6 nitrogen and oxygen atoms in total. The van der Waals surface area contributed by atoms with Gasteiger partial charge in [-0.05, 0) is 25.1 Å². The molecule has 2 aromatic rings. The Balaban J connectivity index is 2.17. The maximum absolute atomic E-state index is 11.9. The third-order valence-corrected chi connectivity index (χ3v) is 2.78. The molecule has 0 fully saturated rings. The highest BCUT2D eigenvalue weighted by Crippen LogP contribution is 2.11. The quantitative estimate of drug-likeness (QED) is 0.614. The number of nitrogens with one attached hydrogen (secondary N) is 2. The second kappa shape index (κ2) is 5.16. The number of fused-ring (bicyclic) bond motifs is 1. The first kappa shape index (κ1) is 12.5. The number of rotatable bonds is 4. The number of benzene rings is 1. The number of amides is 1. The number of H-pyrrole nitrogens is 1. The number of nitrogens with zero attached hydrogens (tertiary/aromatic N) is 1. The van der Waals surface area contributed by atoms with Crippen LogP contribution in [0.15, 0.2) is 24.5 Å². The molecule has 0 radical (unpaired) electrons. The van der Waals surface area contributed by atoms with E-state index in [1.807, 2.05) is 0 Å². The summed E-state index contributed by atoms with van der Waals surface area (Å²) in [5, 5.41) is 21.0. The molecule has 0 spiro atoms. The summed E-state index contributed by atoms with van der Waals surface area (Å²) in [6.07, 6.45) is 0.744. The number of carbonyl (C=O) groups is 1. The van der Waals surface area contributed by atoms with Crippen LogP contribution in [0.3, 0.4) is 0 Å². The molecule has 0 saturated heterocycles. The molecule has 18 heavy (non-hydrogen) atoms. The minimum Gasteiger partial charge on any atom is -0.394 e. The molecular formula is C12H15N3O3. The van der Waals surface area contributed by atoms with Crippen molar-refractivity contribution in [3.05, 3.63) is 30.1 Å². The summed E-state index contributed by atoms with van der Waals surface area (Å²) in [5.74, 6) is -0.341. The monoisotopic (exact) mass is 249 g/mol. The van der Waals surface area contributed by atoms with Crippen molar-refractivity contribution in [1.82, 2.24) is 15.3 Å². The van der Waals surface area contributed by atoms with E-state index >= 15 is 0 Å². The summed E-state index contributed by atoms with van der Waals surface area (Å²) in [7, 11) is 0. The zero-order valence-electron chi connectivity index (χ0n) is 9.92. The van der Waals surface area contributed by atoms with Gasteiger partial charge in [0, 0.05) is 5.56 Å². The van der Waals surface area contributed by atoms with E-state index in [0.717, 1.165) is 11.0 Å². The molecule has 1 heterocycles. The lowest BCUT2D eigenvalue weighted by molar-refractivity contribution is 0.0758. The van der Waals surface area contributed by atoms with Gasteiger partial charge in [0.2, 0.25) is 0 Å². The van der Waals surface area contributed by atoms with Gasteiger partial charge < -0.3 is 20.5 Å². The summed E-state index contributed by atoms with van der Waals surface area (Å²) in [6.45, 7) is 1.20. The van der Waals surface area contributed by atoms with Crippen LogP contribution < -0.4 is 5.32 Å². The van der Waals surface area contributed by atoms with Crippen molar-refractivity contribution >= 4 is 16.9 Å². The van der Waals surface area contributed by atoms with E-state index in [4.69, 9.17) is 5.11 Å². The minimum atomic E-state index is -0.810. The van der Waals surface area contributed by atoms with Crippen molar-refractivity contribution in [2.75, 3.05) is 6.61 Å². The molecule has 0 aliphatic heterocycles. The first-order chi connectivity index (χ1) is 8.61. The van der Waals surface area contributed by atoms with Crippen molar-refractivity contribution in [1.29, 1.82) is 0 Å². The molecule has 0 bridgehead atoms. The van der Waals surface area contributed by atoms with E-state index in [-0.39, 0.29) is 12.5 Å². The number of carbonyl (C=O) groups excluding carboxylic acids is 1. The Labute approximate surface area is 104 Å². The van der Waals surface area contributed by atoms with Gasteiger partial charge in [-0.15, -0.1) is 0 Å². The maximum Gasteiger partial charge on any atom is 0.251 e. The highest BCUT2D eigenvalue weighted by molar-refractivity contribution is 5.97. The summed E-state index contributed by atoms with van der Waals surface area (Å²) < 4.78 is 0. The Kier molecular flexibility index (Phi) is 3.59.